The Hall–Kier alpha value is -1.16. The molecule has 4 heteroatoms. The first kappa shape index (κ1) is 12.9. The fraction of sp³-hybridized carbons (Fsp3) is 0.500. The lowest BCUT2D eigenvalue weighted by atomic mass is 10.1. The maximum absolute atomic E-state index is 12.0. The molecule has 1 N–H and O–H groups in total. The highest BCUT2D eigenvalue weighted by molar-refractivity contribution is 5.28. The van der Waals surface area contributed by atoms with E-state index in [0.717, 1.165) is 0 Å². The van der Waals surface area contributed by atoms with Crippen LogP contribution in [0.3, 0.4) is 0 Å². The Morgan fingerprint density at radius 3 is 2.19 bits per heavy atom. The van der Waals surface area contributed by atoms with Crippen LogP contribution in [0, 0.1) is 0 Å². The zero-order chi connectivity index (χ0) is 12.1. The molecule has 0 aliphatic heterocycles. The lowest BCUT2D eigenvalue weighted by molar-refractivity contribution is 0.0611. The van der Waals surface area contributed by atoms with Crippen molar-refractivity contribution in [1.82, 2.24) is 0 Å². The summed E-state index contributed by atoms with van der Waals surface area (Å²) in [6.45, 7) is 3.80. The molecule has 0 spiro atoms. The van der Waals surface area contributed by atoms with Gasteiger partial charge in [0, 0.05) is 6.42 Å². The molecule has 1 aromatic carbocycles. The Labute approximate surface area is 93.9 Å². The molecule has 0 saturated carbocycles. The largest absolute Gasteiger partial charge is 0.491 e. The lowest BCUT2D eigenvalue weighted by Gasteiger charge is -2.13. The monoisotopic (exact) mass is 230 g/mol. The molecule has 1 atom stereocenters. The van der Waals surface area contributed by atoms with Crippen molar-refractivity contribution in [1.29, 1.82) is 0 Å². The topological polar surface area (TPSA) is 29.5 Å². The minimum atomic E-state index is -2.50. The van der Waals surface area contributed by atoms with Crippen molar-refractivity contribution in [2.24, 2.45) is 0 Å². The highest BCUT2D eigenvalue weighted by Crippen LogP contribution is 2.23. The second-order valence-corrected chi connectivity index (χ2v) is 3.88. The molecule has 0 saturated heterocycles. The maximum atomic E-state index is 12.0. The average molecular weight is 230 g/mol. The number of aliphatic hydroxyl groups is 1. The van der Waals surface area contributed by atoms with E-state index in [9.17, 15) is 13.9 Å². The minimum absolute atomic E-state index is 0.0665. The summed E-state index contributed by atoms with van der Waals surface area (Å²) >= 11 is 0. The molecule has 0 heterocycles. The van der Waals surface area contributed by atoms with Gasteiger partial charge in [0.1, 0.15) is 5.75 Å². The highest BCUT2D eigenvalue weighted by atomic mass is 19.3. The maximum Gasteiger partial charge on any atom is 0.241 e. The highest BCUT2D eigenvalue weighted by Gasteiger charge is 2.14. The van der Waals surface area contributed by atoms with Crippen molar-refractivity contribution < 1.29 is 18.6 Å². The molecule has 0 radical (unpaired) electrons. The summed E-state index contributed by atoms with van der Waals surface area (Å²) in [7, 11) is 0. The van der Waals surface area contributed by atoms with E-state index in [2.05, 4.69) is 0 Å². The smallest absolute Gasteiger partial charge is 0.241 e. The quantitative estimate of drug-likeness (QED) is 0.841. The third-order valence-electron chi connectivity index (χ3n) is 2.04. The van der Waals surface area contributed by atoms with E-state index in [0.29, 0.717) is 11.3 Å². The zero-order valence-corrected chi connectivity index (χ0v) is 9.36. The predicted octanol–water partition coefficient (Wildman–Crippen LogP) is 3.16. The number of rotatable bonds is 5. The zero-order valence-electron chi connectivity index (χ0n) is 9.36. The molecule has 2 nitrogen and oxygen atoms in total. The lowest BCUT2D eigenvalue weighted by Crippen LogP contribution is -2.06. The summed E-state index contributed by atoms with van der Waals surface area (Å²) in [4.78, 5) is 0. The van der Waals surface area contributed by atoms with Gasteiger partial charge in [-0.1, -0.05) is 12.1 Å². The third-order valence-corrected chi connectivity index (χ3v) is 2.04. The number of hydrogen-bond acceptors (Lipinski definition) is 2. The van der Waals surface area contributed by atoms with Crippen LogP contribution < -0.4 is 4.74 Å². The summed E-state index contributed by atoms with van der Waals surface area (Å²) in [6.07, 6.45) is -4.09. The fourth-order valence-corrected chi connectivity index (χ4v) is 1.35. The Kier molecular flexibility index (Phi) is 4.68. The van der Waals surface area contributed by atoms with E-state index in [1.807, 2.05) is 13.8 Å². The Morgan fingerprint density at radius 1 is 1.19 bits per heavy atom. The molecule has 0 amide bonds. The van der Waals surface area contributed by atoms with E-state index >= 15 is 0 Å². The molecule has 0 bridgehead atoms. The van der Waals surface area contributed by atoms with Crippen molar-refractivity contribution in [2.45, 2.75) is 38.9 Å². The van der Waals surface area contributed by atoms with Crippen LogP contribution in [0.1, 0.15) is 31.9 Å². The van der Waals surface area contributed by atoms with E-state index in [1.165, 1.54) is 0 Å². The normalized spacial score (nSPS) is 13.2. The number of hydrogen-bond donors (Lipinski definition) is 1. The van der Waals surface area contributed by atoms with E-state index < -0.39 is 19.0 Å². The van der Waals surface area contributed by atoms with Gasteiger partial charge in [-0.3, -0.25) is 0 Å². The van der Waals surface area contributed by atoms with E-state index in [-0.39, 0.29) is 6.10 Å². The minimum Gasteiger partial charge on any atom is -0.491 e. The molecule has 0 aliphatic carbocycles. The van der Waals surface area contributed by atoms with Crippen LogP contribution in [0.4, 0.5) is 8.78 Å². The van der Waals surface area contributed by atoms with E-state index in [4.69, 9.17) is 4.74 Å². The number of alkyl halides is 2. The molecule has 90 valence electrons. The van der Waals surface area contributed by atoms with Gasteiger partial charge in [-0.15, -0.1) is 0 Å². The van der Waals surface area contributed by atoms with Crippen molar-refractivity contribution in [3.8, 4) is 5.75 Å². The SMILES string of the molecule is CC(C)Oc1ccc(C(O)CC(F)F)cc1. The standard InChI is InChI=1S/C12H16F2O2/c1-8(2)16-10-5-3-9(4-6-10)11(15)7-12(13)14/h3-6,8,11-12,15H,7H2,1-2H3. The Morgan fingerprint density at radius 2 is 1.75 bits per heavy atom. The first-order valence-electron chi connectivity index (χ1n) is 5.22. The van der Waals surface area contributed by atoms with Crippen molar-refractivity contribution in [3.05, 3.63) is 29.8 Å². The van der Waals surface area contributed by atoms with Gasteiger partial charge in [-0.2, -0.15) is 0 Å². The molecule has 1 rings (SSSR count). The number of aliphatic hydroxyl groups excluding tert-OH is 1. The Balaban J connectivity index is 2.63. The van der Waals surface area contributed by atoms with Crippen molar-refractivity contribution in [3.63, 3.8) is 0 Å². The average Bonchev–Trinajstić information content (AvgIpc) is 2.16. The summed E-state index contributed by atoms with van der Waals surface area (Å²) in [6, 6.07) is 6.55. The first-order valence-corrected chi connectivity index (χ1v) is 5.22. The molecule has 1 unspecified atom stereocenters. The molecule has 1 aromatic rings. The van der Waals surface area contributed by atoms with Crippen LogP contribution >= 0.6 is 0 Å². The molecule has 16 heavy (non-hydrogen) atoms. The van der Waals surface area contributed by atoms with Gasteiger partial charge in [0.15, 0.2) is 0 Å². The summed E-state index contributed by atoms with van der Waals surface area (Å²) in [5, 5.41) is 9.44. The van der Waals surface area contributed by atoms with E-state index in [1.54, 1.807) is 24.3 Å². The molecule has 0 fully saturated rings. The van der Waals surface area contributed by atoms with Crippen LogP contribution in [0.2, 0.25) is 0 Å². The summed E-state index contributed by atoms with van der Waals surface area (Å²) in [5.74, 6) is 0.669. The van der Waals surface area contributed by atoms with Crippen LogP contribution in [-0.2, 0) is 0 Å². The van der Waals surface area contributed by atoms with Gasteiger partial charge in [-0.25, -0.2) is 8.78 Å². The van der Waals surface area contributed by atoms with Crippen molar-refractivity contribution in [2.75, 3.05) is 0 Å². The van der Waals surface area contributed by atoms with Crippen LogP contribution in [0.5, 0.6) is 5.75 Å². The van der Waals surface area contributed by atoms with Gasteiger partial charge in [0.05, 0.1) is 12.2 Å². The molecular formula is C12H16F2O2. The van der Waals surface area contributed by atoms with Gasteiger partial charge in [-0.05, 0) is 31.5 Å². The summed E-state index contributed by atoms with van der Waals surface area (Å²) < 4.78 is 29.5. The fourth-order valence-electron chi connectivity index (χ4n) is 1.35. The number of benzene rings is 1. The molecule has 0 aromatic heterocycles. The summed E-state index contributed by atoms with van der Waals surface area (Å²) in [5.41, 5.74) is 0.483. The van der Waals surface area contributed by atoms with Gasteiger partial charge >= 0.3 is 0 Å². The Bertz CT molecular complexity index is 309. The second-order valence-electron chi connectivity index (χ2n) is 3.88. The van der Waals surface area contributed by atoms with Crippen LogP contribution in [-0.4, -0.2) is 17.6 Å². The van der Waals surface area contributed by atoms with Gasteiger partial charge < -0.3 is 9.84 Å². The first-order chi connectivity index (χ1) is 7.49. The predicted molar refractivity (Wildman–Crippen MR) is 57.8 cm³/mol. The van der Waals surface area contributed by atoms with Gasteiger partial charge in [0.2, 0.25) is 6.43 Å². The van der Waals surface area contributed by atoms with Crippen molar-refractivity contribution >= 4 is 0 Å². The molecular weight excluding hydrogens is 214 g/mol. The third kappa shape index (κ3) is 4.14. The second kappa shape index (κ2) is 5.80. The van der Waals surface area contributed by atoms with Crippen LogP contribution in [0.15, 0.2) is 24.3 Å². The number of halogens is 2. The molecule has 0 aliphatic rings. The van der Waals surface area contributed by atoms with Gasteiger partial charge in [0.25, 0.3) is 0 Å². The van der Waals surface area contributed by atoms with Crippen LogP contribution in [0.25, 0.3) is 0 Å². The number of ether oxygens (including phenoxy) is 1.